The van der Waals surface area contributed by atoms with Gasteiger partial charge in [0.05, 0.1) is 34.0 Å². The summed E-state index contributed by atoms with van der Waals surface area (Å²) < 4.78 is 20.5. The first-order valence-electron chi connectivity index (χ1n) is 9.28. The molecule has 10 nitrogen and oxygen atoms in total. The van der Waals surface area contributed by atoms with Crippen LogP contribution in [-0.2, 0) is 4.79 Å². The summed E-state index contributed by atoms with van der Waals surface area (Å²) in [4.78, 5) is 28.1. The number of methoxy groups -OCH3 is 4. The van der Waals surface area contributed by atoms with Gasteiger partial charge in [0.25, 0.3) is 0 Å². The van der Waals surface area contributed by atoms with Crippen LogP contribution in [0.25, 0.3) is 10.9 Å². The molecular weight excluding hydrogens is 416 g/mol. The molecule has 0 aliphatic rings. The number of anilines is 1. The number of hydrogen-bond acceptors (Lipinski definition) is 9. The summed E-state index contributed by atoms with van der Waals surface area (Å²) in [6, 6.07) is 6.90. The van der Waals surface area contributed by atoms with Crippen LogP contribution in [0.5, 0.6) is 23.0 Å². The van der Waals surface area contributed by atoms with E-state index >= 15 is 0 Å². The monoisotopic (exact) mass is 446 g/mol. The number of nitrogen functional groups attached to an aromatic ring is 1. The summed E-state index contributed by atoms with van der Waals surface area (Å²) in [6.45, 7) is 3.40. The average molecular weight is 447 g/mol. The lowest BCUT2D eigenvalue weighted by molar-refractivity contribution is -0.106. The van der Waals surface area contributed by atoms with Gasteiger partial charge in [-0.1, -0.05) is 0 Å². The van der Waals surface area contributed by atoms with Crippen molar-refractivity contribution in [1.82, 2.24) is 9.97 Å². The molecule has 0 bridgehead atoms. The van der Waals surface area contributed by atoms with Gasteiger partial charge < -0.3 is 31.8 Å². The molecule has 3 rings (SSSR count). The van der Waals surface area contributed by atoms with Gasteiger partial charge in [-0.15, -0.1) is 0 Å². The van der Waals surface area contributed by atoms with E-state index in [4.69, 9.17) is 29.5 Å². The van der Waals surface area contributed by atoms with Gasteiger partial charge in [-0.3, -0.25) is 9.59 Å². The topological polar surface area (TPSA) is 149 Å². The van der Waals surface area contributed by atoms with Crippen molar-refractivity contribution >= 4 is 28.8 Å². The summed E-state index contributed by atoms with van der Waals surface area (Å²) in [5.74, 6) is 2.32. The Morgan fingerprint density at radius 1 is 0.906 bits per heavy atom. The molecule has 10 heteroatoms. The van der Waals surface area contributed by atoms with E-state index in [-0.39, 0.29) is 13.6 Å². The largest absolute Gasteiger partial charge is 1.00 e. The van der Waals surface area contributed by atoms with E-state index in [1.54, 1.807) is 32.7 Å². The Morgan fingerprint density at radius 3 is 1.88 bits per heavy atom. The zero-order valence-electron chi connectivity index (χ0n) is 20.0. The molecule has 1 aromatic heterocycles. The molecule has 0 aliphatic carbocycles. The molecule has 0 unspecified atom stereocenters. The highest BCUT2D eigenvalue weighted by Gasteiger charge is 2.11. The molecule has 1 amide bonds. The van der Waals surface area contributed by atoms with Gasteiger partial charge in [-0.05, 0) is 26.0 Å². The summed E-state index contributed by atoms with van der Waals surface area (Å²) in [6.07, 6.45) is 1.80. The summed E-state index contributed by atoms with van der Waals surface area (Å²) in [5, 5.41) is 0.982. The molecule has 3 aromatic rings. The zero-order chi connectivity index (χ0) is 24.3. The second-order valence-corrected chi connectivity index (χ2v) is 6.17. The number of nitrogens with zero attached hydrogens (tertiary/aromatic N) is 2. The Morgan fingerprint density at radius 2 is 1.38 bits per heavy atom. The van der Waals surface area contributed by atoms with Crippen molar-refractivity contribution in [3.05, 3.63) is 41.9 Å². The van der Waals surface area contributed by atoms with Crippen molar-refractivity contribution in [2.24, 2.45) is 5.73 Å². The molecular formula is C22H29N4O6-. The Bertz CT molecular complexity index is 1080. The molecule has 0 spiro atoms. The SMILES string of the molecule is COc1cc(N)c(C(C)=O)cc1OC.COc1cc2ncnc(C)c2cc1OC.NC=O.[2H-]. The van der Waals surface area contributed by atoms with Gasteiger partial charge in [0, 0.05) is 34.5 Å². The molecule has 0 atom stereocenters. The number of ketones is 1. The lowest BCUT2D eigenvalue weighted by Crippen LogP contribution is -2.02. The first-order chi connectivity index (χ1) is 15.3. The number of carbonyl (C=O) groups excluding carboxylic acids is 2. The number of fused-ring (bicyclic) bond motifs is 1. The highest BCUT2D eigenvalue weighted by molar-refractivity contribution is 6.00. The Hall–Kier alpha value is -4.08. The van der Waals surface area contributed by atoms with Gasteiger partial charge in [-0.25, -0.2) is 9.97 Å². The summed E-state index contributed by atoms with van der Waals surface area (Å²) in [5.41, 5.74) is 12.5. The number of hydrogen-bond donors (Lipinski definition) is 2. The molecule has 0 radical (unpaired) electrons. The summed E-state index contributed by atoms with van der Waals surface area (Å²) >= 11 is 0. The summed E-state index contributed by atoms with van der Waals surface area (Å²) in [7, 11) is 6.25. The molecule has 1 heterocycles. The van der Waals surface area contributed by atoms with E-state index in [0.29, 0.717) is 34.2 Å². The van der Waals surface area contributed by atoms with E-state index in [1.807, 2.05) is 19.1 Å². The number of Topliss-reactive ketones (excluding diaryl/α,β-unsaturated/α-hetero) is 1. The van der Waals surface area contributed by atoms with E-state index in [9.17, 15) is 4.79 Å². The van der Waals surface area contributed by atoms with Crippen molar-refractivity contribution in [3.8, 4) is 23.0 Å². The van der Waals surface area contributed by atoms with Crippen LogP contribution in [0.1, 0.15) is 24.4 Å². The second-order valence-electron chi connectivity index (χ2n) is 6.17. The maximum absolute atomic E-state index is 11.2. The van der Waals surface area contributed by atoms with Crippen molar-refractivity contribution in [2.75, 3.05) is 34.2 Å². The molecule has 2 aromatic carbocycles. The van der Waals surface area contributed by atoms with Crippen LogP contribution in [0.2, 0.25) is 0 Å². The van der Waals surface area contributed by atoms with Gasteiger partial charge in [0.15, 0.2) is 28.8 Å². The quantitative estimate of drug-likeness (QED) is 0.342. The van der Waals surface area contributed by atoms with Crippen molar-refractivity contribution in [2.45, 2.75) is 13.8 Å². The standard InChI is InChI=1S/C11H12N2O2.C10H13NO3.CH3NO.H/c1-7-8-4-10(14-2)11(15-3)5-9(8)13-6-12-7;1-6(12)7-4-9(13-2)10(14-3)5-8(7)11;2-1-3;/h4-6H,1-3H3;4-5H,11H2,1-3H3;1H,(H2,2,3);/q;;;-1/i;;;1+1. The van der Waals surface area contributed by atoms with Gasteiger partial charge in [0.2, 0.25) is 6.41 Å². The van der Waals surface area contributed by atoms with Crippen molar-refractivity contribution in [3.63, 3.8) is 0 Å². The fourth-order valence-electron chi connectivity index (χ4n) is 2.71. The fraction of sp³-hybridized carbons (Fsp3) is 0.273. The van der Waals surface area contributed by atoms with Crippen LogP contribution in [-0.4, -0.2) is 50.6 Å². The number of amides is 1. The number of nitrogens with two attached hydrogens (primary N) is 2. The normalized spacial score (nSPS) is 9.44. The first kappa shape index (κ1) is 26.0. The van der Waals surface area contributed by atoms with E-state index < -0.39 is 0 Å². The predicted octanol–water partition coefficient (Wildman–Crippen LogP) is 2.66. The number of benzene rings is 2. The number of aromatic nitrogens is 2. The van der Waals surface area contributed by atoms with Gasteiger partial charge in [0.1, 0.15) is 6.33 Å². The average Bonchev–Trinajstić information content (AvgIpc) is 2.79. The third-order valence-corrected chi connectivity index (χ3v) is 4.27. The molecule has 0 saturated carbocycles. The number of rotatable bonds is 5. The Labute approximate surface area is 187 Å². The van der Waals surface area contributed by atoms with Crippen LogP contribution < -0.4 is 30.4 Å². The number of carbonyl (C=O) groups is 2. The third kappa shape index (κ3) is 6.46. The number of aryl methyl sites for hydroxylation is 1. The van der Waals surface area contributed by atoms with E-state index in [1.165, 1.54) is 21.1 Å². The number of primary amides is 1. The Kier molecular flexibility index (Phi) is 10.2. The van der Waals surface area contributed by atoms with Crippen molar-refractivity contribution < 1.29 is 30.0 Å². The molecule has 174 valence electrons. The molecule has 0 fully saturated rings. The van der Waals surface area contributed by atoms with E-state index in [2.05, 4.69) is 15.7 Å². The molecule has 0 saturated heterocycles. The number of ether oxygens (including phenoxy) is 4. The lowest BCUT2D eigenvalue weighted by Gasteiger charge is -2.10. The smallest absolute Gasteiger partial charge is 0.204 e. The van der Waals surface area contributed by atoms with Gasteiger partial charge >= 0.3 is 0 Å². The lowest BCUT2D eigenvalue weighted by atomic mass is 10.1. The second kappa shape index (κ2) is 12.6. The van der Waals surface area contributed by atoms with Crippen LogP contribution in [0.15, 0.2) is 30.6 Å². The van der Waals surface area contributed by atoms with Gasteiger partial charge in [-0.2, -0.15) is 0 Å². The van der Waals surface area contributed by atoms with Crippen molar-refractivity contribution in [1.29, 1.82) is 0 Å². The fourth-order valence-corrected chi connectivity index (χ4v) is 2.71. The van der Waals surface area contributed by atoms with Crippen LogP contribution in [0.3, 0.4) is 0 Å². The molecule has 32 heavy (non-hydrogen) atoms. The highest BCUT2D eigenvalue weighted by atomic mass is 16.5. The minimum atomic E-state index is -0.0940. The van der Waals surface area contributed by atoms with Crippen LogP contribution in [0, 0.1) is 6.92 Å². The third-order valence-electron chi connectivity index (χ3n) is 4.27. The Balaban J connectivity index is 0.000000542. The minimum Gasteiger partial charge on any atom is -1.00 e. The minimum absolute atomic E-state index is 0. The maximum Gasteiger partial charge on any atom is 0.204 e. The maximum atomic E-state index is 11.2. The molecule has 0 aliphatic heterocycles. The predicted molar refractivity (Wildman–Crippen MR) is 123 cm³/mol. The van der Waals surface area contributed by atoms with Crippen LogP contribution >= 0.6 is 0 Å². The zero-order valence-corrected chi connectivity index (χ0v) is 19.0. The van der Waals surface area contributed by atoms with Crippen LogP contribution in [0.4, 0.5) is 5.69 Å². The molecule has 4 N–H and O–H groups in total. The highest BCUT2D eigenvalue weighted by Crippen LogP contribution is 2.32. The van der Waals surface area contributed by atoms with E-state index in [0.717, 1.165) is 16.6 Å². The first-order valence-corrected chi connectivity index (χ1v) is 9.28.